The minimum Gasteiger partial charge on any atom is -0.339 e. The molecule has 2 fully saturated rings. The summed E-state index contributed by atoms with van der Waals surface area (Å²) in [6.07, 6.45) is 4.29. The minimum absolute atomic E-state index is 0.0239. The van der Waals surface area contributed by atoms with Crippen molar-refractivity contribution in [3.63, 3.8) is 0 Å². The van der Waals surface area contributed by atoms with Crippen molar-refractivity contribution in [1.29, 1.82) is 0 Å². The largest absolute Gasteiger partial charge is 0.344 e. The number of rotatable bonds is 5. The summed E-state index contributed by atoms with van der Waals surface area (Å²) in [4.78, 5) is 42.1. The smallest absolute Gasteiger partial charge is 0.339 e. The summed E-state index contributed by atoms with van der Waals surface area (Å²) in [6.45, 7) is 0. The molecule has 1 saturated carbocycles. The highest BCUT2D eigenvalue weighted by Gasteiger charge is 2.52. The van der Waals surface area contributed by atoms with Crippen LogP contribution in [0.1, 0.15) is 44.4 Å². The average Bonchev–Trinajstić information content (AvgIpc) is 3.39. The van der Waals surface area contributed by atoms with Gasteiger partial charge in [-0.25, -0.2) is 4.79 Å². The van der Waals surface area contributed by atoms with Crippen LogP contribution in [0.3, 0.4) is 0 Å². The molecule has 2 N–H and O–H groups in total. The number of hydrogen-bond acceptors (Lipinski definition) is 7. The van der Waals surface area contributed by atoms with Crippen LogP contribution < -0.4 is 10.7 Å². The van der Waals surface area contributed by atoms with Gasteiger partial charge in [-0.15, -0.1) is 11.3 Å². The van der Waals surface area contributed by atoms with E-state index in [0.29, 0.717) is 24.6 Å². The van der Waals surface area contributed by atoms with Crippen molar-refractivity contribution in [1.82, 2.24) is 25.9 Å². The maximum Gasteiger partial charge on any atom is 0.344 e. The Balaban J connectivity index is 1.33. The lowest BCUT2D eigenvalue weighted by Crippen LogP contribution is -2.51. The molecule has 1 spiro atoms. The first-order chi connectivity index (χ1) is 13.1. The van der Waals surface area contributed by atoms with Gasteiger partial charge in [-0.1, -0.05) is 30.5 Å². The Hall–Kier alpha value is -2.75. The monoisotopic (exact) mass is 389 g/mol. The molecule has 3 heterocycles. The van der Waals surface area contributed by atoms with Crippen LogP contribution >= 0.6 is 11.3 Å². The summed E-state index contributed by atoms with van der Waals surface area (Å²) < 4.78 is 5.15. The van der Waals surface area contributed by atoms with Crippen LogP contribution in [0.5, 0.6) is 0 Å². The fourth-order valence-corrected chi connectivity index (χ4v) is 4.13. The number of carbonyl (C=O) groups is 3. The van der Waals surface area contributed by atoms with Gasteiger partial charge in [-0.3, -0.25) is 15.0 Å². The summed E-state index contributed by atoms with van der Waals surface area (Å²) in [6, 6.07) is 3.19. The lowest BCUT2D eigenvalue weighted by Gasteiger charge is -2.30. The highest BCUT2D eigenvalue weighted by atomic mass is 32.1. The number of amides is 4. The predicted octanol–water partition coefficient (Wildman–Crippen LogP) is 2.02. The normalized spacial score (nSPS) is 18.7. The van der Waals surface area contributed by atoms with E-state index in [1.165, 1.54) is 11.3 Å². The molecule has 4 amide bonds. The van der Waals surface area contributed by atoms with Gasteiger partial charge in [0.05, 0.1) is 4.88 Å². The molecular weight excluding hydrogens is 370 g/mol. The highest BCUT2D eigenvalue weighted by molar-refractivity contribution is 7.13. The molecule has 0 atom stereocenters. The molecule has 4 rings (SSSR count). The van der Waals surface area contributed by atoms with Crippen LogP contribution in [-0.4, -0.2) is 38.5 Å². The number of urea groups is 1. The molecule has 0 unspecified atom stereocenters. The van der Waals surface area contributed by atoms with Crippen molar-refractivity contribution in [2.75, 3.05) is 0 Å². The van der Waals surface area contributed by atoms with E-state index in [1.54, 1.807) is 0 Å². The van der Waals surface area contributed by atoms with Gasteiger partial charge >= 0.3 is 6.03 Å². The molecule has 1 saturated heterocycles. The van der Waals surface area contributed by atoms with Crippen molar-refractivity contribution in [3.05, 3.63) is 23.4 Å². The second-order valence-corrected chi connectivity index (χ2v) is 7.69. The quantitative estimate of drug-likeness (QED) is 0.756. The molecule has 1 aliphatic heterocycles. The predicted molar refractivity (Wildman–Crippen MR) is 95.3 cm³/mol. The summed E-state index contributed by atoms with van der Waals surface area (Å²) in [5.74, 6) is -0.0243. The zero-order valence-corrected chi connectivity index (χ0v) is 15.4. The molecule has 0 bridgehead atoms. The minimum atomic E-state index is -0.856. The van der Waals surface area contributed by atoms with Gasteiger partial charge in [-0.05, 0) is 24.3 Å². The molecule has 2 aromatic rings. The van der Waals surface area contributed by atoms with Crippen molar-refractivity contribution in [2.24, 2.45) is 0 Å². The summed E-state index contributed by atoms with van der Waals surface area (Å²) >= 11 is 1.49. The maximum absolute atomic E-state index is 12.6. The Morgan fingerprint density at radius 1 is 1.33 bits per heavy atom. The van der Waals surface area contributed by atoms with Gasteiger partial charge in [0.2, 0.25) is 17.6 Å². The number of thiophene rings is 1. The molecule has 142 valence electrons. The topological polar surface area (TPSA) is 117 Å². The van der Waals surface area contributed by atoms with E-state index >= 15 is 0 Å². The second kappa shape index (κ2) is 7.10. The lowest BCUT2D eigenvalue weighted by molar-refractivity contribution is -0.139. The van der Waals surface area contributed by atoms with Crippen LogP contribution in [0.15, 0.2) is 22.0 Å². The van der Waals surface area contributed by atoms with Crippen LogP contribution in [0.25, 0.3) is 10.7 Å². The molecule has 2 aliphatic rings. The number of aryl methyl sites for hydroxylation is 1. The van der Waals surface area contributed by atoms with Gasteiger partial charge in [0.1, 0.15) is 5.54 Å². The van der Waals surface area contributed by atoms with Gasteiger partial charge < -0.3 is 9.84 Å². The number of nitrogens with zero attached hydrogens (tertiary/aromatic N) is 3. The van der Waals surface area contributed by atoms with E-state index < -0.39 is 17.5 Å². The number of hydrazine groups is 1. The van der Waals surface area contributed by atoms with Gasteiger partial charge in [-0.2, -0.15) is 9.99 Å². The Morgan fingerprint density at radius 3 is 2.89 bits per heavy atom. The number of imide groups is 1. The standard InChI is InChI=1S/C17H19N5O4S/c23-12(6-7-13-18-14(21-26-13)11-5-4-10-27-11)20-22-15(24)17(19-16(22)25)8-2-1-3-9-17/h4-5,10H,1-3,6-9H2,(H,19,25)(H,20,23). The average molecular weight is 389 g/mol. The molecule has 9 nitrogen and oxygen atoms in total. The first-order valence-corrected chi connectivity index (χ1v) is 9.78. The molecule has 27 heavy (non-hydrogen) atoms. The van der Waals surface area contributed by atoms with E-state index in [1.807, 2.05) is 17.5 Å². The van der Waals surface area contributed by atoms with Crippen LogP contribution in [-0.2, 0) is 16.0 Å². The number of aromatic nitrogens is 2. The fraction of sp³-hybridized carbons (Fsp3) is 0.471. The molecule has 0 radical (unpaired) electrons. The molecule has 0 aromatic carbocycles. The zero-order valence-electron chi connectivity index (χ0n) is 14.6. The molecular formula is C17H19N5O4S. The van der Waals surface area contributed by atoms with Gasteiger partial charge in [0, 0.05) is 12.8 Å². The van der Waals surface area contributed by atoms with E-state index in [-0.39, 0.29) is 18.7 Å². The Morgan fingerprint density at radius 2 is 2.15 bits per heavy atom. The maximum atomic E-state index is 12.6. The van der Waals surface area contributed by atoms with Crippen molar-refractivity contribution in [3.8, 4) is 10.7 Å². The molecule has 1 aliphatic carbocycles. The molecule has 2 aromatic heterocycles. The molecule has 10 heteroatoms. The third kappa shape index (κ3) is 3.44. The Labute approximate surface area is 159 Å². The van der Waals surface area contributed by atoms with Crippen molar-refractivity contribution >= 4 is 29.2 Å². The van der Waals surface area contributed by atoms with E-state index in [0.717, 1.165) is 29.1 Å². The highest BCUT2D eigenvalue weighted by Crippen LogP contribution is 2.33. The summed E-state index contributed by atoms with van der Waals surface area (Å²) in [5, 5.41) is 9.35. The third-order valence-corrected chi connectivity index (χ3v) is 5.75. The summed E-state index contributed by atoms with van der Waals surface area (Å²) in [5.41, 5.74) is 1.54. The first-order valence-electron chi connectivity index (χ1n) is 8.90. The van der Waals surface area contributed by atoms with Crippen LogP contribution in [0.4, 0.5) is 4.79 Å². The fourth-order valence-electron chi connectivity index (χ4n) is 3.48. The van der Waals surface area contributed by atoms with E-state index in [2.05, 4.69) is 20.9 Å². The van der Waals surface area contributed by atoms with Crippen LogP contribution in [0, 0.1) is 0 Å². The Kier molecular flexibility index (Phi) is 4.65. The number of hydrogen-bond donors (Lipinski definition) is 2. The van der Waals surface area contributed by atoms with Gasteiger partial charge in [0.25, 0.3) is 5.91 Å². The van der Waals surface area contributed by atoms with E-state index in [9.17, 15) is 14.4 Å². The number of nitrogens with one attached hydrogen (secondary N) is 2. The SMILES string of the molecule is O=C(CCc1nc(-c2cccs2)no1)NN1C(=O)NC2(CCCCC2)C1=O. The van der Waals surface area contributed by atoms with Crippen LogP contribution in [0.2, 0.25) is 0 Å². The lowest BCUT2D eigenvalue weighted by atomic mass is 9.82. The summed E-state index contributed by atoms with van der Waals surface area (Å²) in [7, 11) is 0. The third-order valence-electron chi connectivity index (χ3n) is 4.88. The Bertz CT molecular complexity index is 857. The number of carbonyl (C=O) groups excluding carboxylic acids is 3. The first kappa shape index (κ1) is 17.7. The van der Waals surface area contributed by atoms with Crippen molar-refractivity contribution in [2.45, 2.75) is 50.5 Å². The second-order valence-electron chi connectivity index (χ2n) is 6.74. The van der Waals surface area contributed by atoms with Gasteiger partial charge in [0.15, 0.2) is 0 Å². The van der Waals surface area contributed by atoms with E-state index in [4.69, 9.17) is 4.52 Å². The zero-order chi connectivity index (χ0) is 18.9. The van der Waals surface area contributed by atoms with Crippen molar-refractivity contribution < 1.29 is 18.9 Å².